The zero-order valence-electron chi connectivity index (χ0n) is 14.8. The van der Waals surface area contributed by atoms with E-state index in [0.717, 1.165) is 11.3 Å². The fourth-order valence-corrected chi connectivity index (χ4v) is 2.74. The predicted octanol–water partition coefficient (Wildman–Crippen LogP) is 4.03. The van der Waals surface area contributed by atoms with Crippen LogP contribution in [-0.2, 0) is 13.9 Å². The molecular formula is C19H22F2O3Si. The Morgan fingerprint density at radius 1 is 0.840 bits per heavy atom. The van der Waals surface area contributed by atoms with Gasteiger partial charge in [0, 0.05) is 11.6 Å². The third-order valence-electron chi connectivity index (χ3n) is 3.17. The van der Waals surface area contributed by atoms with Gasteiger partial charge in [-0.25, -0.2) is 8.78 Å². The Bertz CT molecular complexity index is 665. The van der Waals surface area contributed by atoms with E-state index in [2.05, 4.69) is 0 Å². The first-order valence-electron chi connectivity index (χ1n) is 8.13. The molecule has 2 rings (SSSR count). The van der Waals surface area contributed by atoms with E-state index in [4.69, 9.17) is 13.9 Å². The lowest BCUT2D eigenvalue weighted by atomic mass is 10.1. The van der Waals surface area contributed by atoms with Gasteiger partial charge in [-0.1, -0.05) is 24.3 Å². The van der Waals surface area contributed by atoms with Gasteiger partial charge in [-0.15, -0.1) is 0 Å². The van der Waals surface area contributed by atoms with E-state index in [-0.39, 0.29) is 22.0 Å². The number of hydrogen-bond donors (Lipinski definition) is 0. The molecule has 0 spiro atoms. The number of rotatable bonds is 8. The molecule has 0 atom stereocenters. The lowest BCUT2D eigenvalue weighted by Gasteiger charge is -2.22. The maximum Gasteiger partial charge on any atom is 0.275 e. The van der Waals surface area contributed by atoms with Crippen molar-refractivity contribution in [1.29, 1.82) is 0 Å². The second kappa shape index (κ2) is 9.19. The van der Waals surface area contributed by atoms with Crippen molar-refractivity contribution in [3.8, 4) is 11.1 Å². The minimum atomic E-state index is -0.729. The highest BCUT2D eigenvalue weighted by Crippen LogP contribution is 2.22. The van der Waals surface area contributed by atoms with Crippen molar-refractivity contribution in [2.24, 2.45) is 0 Å². The normalized spacial score (nSPS) is 11.7. The van der Waals surface area contributed by atoms with E-state index >= 15 is 0 Å². The van der Waals surface area contributed by atoms with Gasteiger partial charge in [-0.2, -0.15) is 0 Å². The van der Waals surface area contributed by atoms with Gasteiger partial charge < -0.3 is 13.9 Å². The lowest BCUT2D eigenvalue weighted by Crippen LogP contribution is -2.32. The van der Waals surface area contributed by atoms with E-state index in [1.165, 1.54) is 12.1 Å². The molecule has 0 fully saturated rings. The molecule has 0 aliphatic heterocycles. The zero-order chi connectivity index (χ0) is 18.4. The quantitative estimate of drug-likeness (QED) is 0.523. The summed E-state index contributed by atoms with van der Waals surface area (Å²) in [6.45, 7) is 6.92. The van der Waals surface area contributed by atoms with Crippen LogP contribution >= 0.6 is 0 Å². The molecule has 0 heterocycles. The fraction of sp³-hybridized carbons (Fsp3) is 0.368. The standard InChI is InChI=1S/C19H22F2O3Si/c1-12(2)22-19(23-13(3)4)24-25-16-8-5-14(6-9-16)17-10-7-15(20)11-18(17)21/h5-13,19H,1-4H3. The molecule has 0 aliphatic carbocycles. The van der Waals surface area contributed by atoms with Crippen molar-refractivity contribution in [3.63, 3.8) is 0 Å². The maximum absolute atomic E-state index is 13.8. The van der Waals surface area contributed by atoms with Crippen LogP contribution in [0.1, 0.15) is 27.7 Å². The van der Waals surface area contributed by atoms with E-state index in [9.17, 15) is 8.78 Å². The summed E-state index contributed by atoms with van der Waals surface area (Å²) >= 11 is 0. The molecule has 0 unspecified atom stereocenters. The lowest BCUT2D eigenvalue weighted by molar-refractivity contribution is -0.274. The molecule has 0 aliphatic rings. The van der Waals surface area contributed by atoms with Gasteiger partial charge in [-0.05, 0) is 50.6 Å². The minimum absolute atomic E-state index is 0.0163. The molecule has 0 aromatic heterocycles. The highest BCUT2D eigenvalue weighted by atomic mass is 28.2. The van der Waals surface area contributed by atoms with Gasteiger partial charge >= 0.3 is 0 Å². The fourth-order valence-electron chi connectivity index (χ4n) is 2.09. The first-order chi connectivity index (χ1) is 11.8. The van der Waals surface area contributed by atoms with Gasteiger partial charge in [0.15, 0.2) is 0 Å². The molecule has 2 aromatic rings. The Balaban J connectivity index is 2.01. The highest BCUT2D eigenvalue weighted by molar-refractivity contribution is 6.46. The molecule has 25 heavy (non-hydrogen) atoms. The first-order valence-corrected chi connectivity index (χ1v) is 9.04. The number of ether oxygens (including phenoxy) is 2. The van der Waals surface area contributed by atoms with Crippen molar-refractivity contribution < 1.29 is 22.7 Å². The van der Waals surface area contributed by atoms with Crippen molar-refractivity contribution in [1.82, 2.24) is 0 Å². The molecular weight excluding hydrogens is 342 g/mol. The van der Waals surface area contributed by atoms with Crippen molar-refractivity contribution >= 4 is 14.9 Å². The summed E-state index contributed by atoms with van der Waals surface area (Å²) in [5.41, 5.74) is 1.04. The zero-order valence-corrected chi connectivity index (χ0v) is 15.8. The molecule has 2 aromatic carbocycles. The van der Waals surface area contributed by atoms with Gasteiger partial charge in [-0.3, -0.25) is 0 Å². The Morgan fingerprint density at radius 3 is 1.96 bits per heavy atom. The summed E-state index contributed by atoms with van der Waals surface area (Å²) in [6, 6.07) is 10.8. The monoisotopic (exact) mass is 364 g/mol. The average Bonchev–Trinajstić information content (AvgIpc) is 2.52. The largest absolute Gasteiger partial charge is 0.366 e. The summed E-state index contributed by atoms with van der Waals surface area (Å²) in [5, 5.41) is 0.927. The van der Waals surface area contributed by atoms with Crippen LogP contribution < -0.4 is 5.19 Å². The van der Waals surface area contributed by atoms with Crippen LogP contribution in [0.25, 0.3) is 11.1 Å². The molecule has 0 N–H and O–H groups in total. The summed E-state index contributed by atoms with van der Waals surface area (Å²) in [6.07, 6.45) is -0.0326. The van der Waals surface area contributed by atoms with Crippen LogP contribution in [-0.4, -0.2) is 28.4 Å². The van der Waals surface area contributed by atoms with E-state index < -0.39 is 18.1 Å². The molecule has 2 radical (unpaired) electrons. The Kier molecular flexibility index (Phi) is 7.25. The van der Waals surface area contributed by atoms with Crippen LogP contribution in [0.3, 0.4) is 0 Å². The van der Waals surface area contributed by atoms with Gasteiger partial charge in [0.25, 0.3) is 16.2 Å². The van der Waals surface area contributed by atoms with Gasteiger partial charge in [0.05, 0.1) is 12.2 Å². The van der Waals surface area contributed by atoms with Crippen molar-refractivity contribution in [3.05, 3.63) is 54.1 Å². The van der Waals surface area contributed by atoms with Crippen LogP contribution in [0.2, 0.25) is 0 Å². The van der Waals surface area contributed by atoms with E-state index in [1.807, 2.05) is 39.8 Å². The SMILES string of the molecule is CC(C)OC(O[Si]c1ccc(-c2ccc(F)cc2F)cc1)OC(C)C. The summed E-state index contributed by atoms with van der Waals surface area (Å²) < 4.78 is 43.7. The molecule has 134 valence electrons. The smallest absolute Gasteiger partial charge is 0.275 e. The van der Waals surface area contributed by atoms with Crippen molar-refractivity contribution in [2.75, 3.05) is 0 Å². The summed E-state index contributed by atoms with van der Waals surface area (Å²) in [4.78, 5) is 0. The average molecular weight is 364 g/mol. The first kappa shape index (κ1) is 19.7. The molecule has 0 amide bonds. The predicted molar refractivity (Wildman–Crippen MR) is 94.5 cm³/mol. The molecule has 6 heteroatoms. The van der Waals surface area contributed by atoms with E-state index in [1.54, 1.807) is 12.1 Å². The molecule has 3 nitrogen and oxygen atoms in total. The van der Waals surface area contributed by atoms with Crippen LogP contribution in [0.4, 0.5) is 8.78 Å². The van der Waals surface area contributed by atoms with Gasteiger partial charge in [0.2, 0.25) is 0 Å². The van der Waals surface area contributed by atoms with Gasteiger partial charge in [0.1, 0.15) is 11.6 Å². The number of benzene rings is 2. The van der Waals surface area contributed by atoms with E-state index in [0.29, 0.717) is 11.1 Å². The maximum atomic E-state index is 13.8. The highest BCUT2D eigenvalue weighted by Gasteiger charge is 2.15. The summed E-state index contributed by atoms with van der Waals surface area (Å²) in [5.74, 6) is -1.17. The van der Waals surface area contributed by atoms with Crippen molar-refractivity contribution in [2.45, 2.75) is 46.4 Å². The molecule has 0 bridgehead atoms. The summed E-state index contributed by atoms with van der Waals surface area (Å²) in [7, 11) is 0.0294. The second-order valence-electron chi connectivity index (χ2n) is 6.08. The second-order valence-corrected chi connectivity index (χ2v) is 7.10. The number of hydrogen-bond acceptors (Lipinski definition) is 3. The number of halogens is 2. The Labute approximate surface area is 149 Å². The molecule has 0 saturated heterocycles. The Morgan fingerprint density at radius 2 is 1.44 bits per heavy atom. The third kappa shape index (κ3) is 6.32. The van der Waals surface area contributed by atoms with Crippen LogP contribution in [0, 0.1) is 11.6 Å². The minimum Gasteiger partial charge on any atom is -0.366 e. The molecule has 0 saturated carbocycles. The third-order valence-corrected chi connectivity index (χ3v) is 4.05. The van der Waals surface area contributed by atoms with Crippen LogP contribution in [0.15, 0.2) is 42.5 Å². The van der Waals surface area contributed by atoms with Crippen LogP contribution in [0.5, 0.6) is 0 Å². The Hall–Kier alpha value is -1.60. The topological polar surface area (TPSA) is 27.7 Å².